The van der Waals surface area contributed by atoms with E-state index < -0.39 is 12.1 Å². The van der Waals surface area contributed by atoms with Gasteiger partial charge in [-0.2, -0.15) is 0 Å². The van der Waals surface area contributed by atoms with Crippen molar-refractivity contribution < 1.29 is 9.90 Å². The Balaban J connectivity index is 2.42. The van der Waals surface area contributed by atoms with E-state index in [0.717, 1.165) is 0 Å². The molecule has 1 aromatic rings. The molecule has 1 atom stereocenters. The average molecular weight is 199 g/mol. The Bertz CT molecular complexity index is 367. The molecule has 0 unspecified atom stereocenters. The first-order valence-electron chi connectivity index (χ1n) is 3.72. The zero-order chi connectivity index (χ0) is 9.42. The molecule has 0 saturated heterocycles. The van der Waals surface area contributed by atoms with Gasteiger partial charge >= 0.3 is 0 Å². The smallest absolute Gasteiger partial charge is 0.274 e. The summed E-state index contributed by atoms with van der Waals surface area (Å²) in [5, 5.41) is 14.8. The van der Waals surface area contributed by atoms with Gasteiger partial charge in [0, 0.05) is 5.02 Å². The molecule has 1 aliphatic heterocycles. The van der Waals surface area contributed by atoms with Gasteiger partial charge in [0.2, 0.25) is 6.23 Å². The van der Waals surface area contributed by atoms with E-state index in [1.54, 1.807) is 18.2 Å². The van der Waals surface area contributed by atoms with Crippen LogP contribution in [0.2, 0.25) is 5.02 Å². The first kappa shape index (κ1) is 8.34. The van der Waals surface area contributed by atoms with Crippen molar-refractivity contribution in [3.8, 4) is 0 Å². The number of benzene rings is 1. The van der Waals surface area contributed by atoms with Crippen LogP contribution in [-0.4, -0.2) is 17.2 Å². The molecule has 5 heteroatoms. The van der Waals surface area contributed by atoms with Crippen LogP contribution >= 0.6 is 11.6 Å². The van der Waals surface area contributed by atoms with Gasteiger partial charge in [0.1, 0.15) is 0 Å². The number of fused-ring (bicyclic) bond motifs is 1. The lowest BCUT2D eigenvalue weighted by atomic mass is 10.2. The van der Waals surface area contributed by atoms with Gasteiger partial charge in [-0.25, -0.2) is 0 Å². The van der Waals surface area contributed by atoms with Gasteiger partial charge in [-0.1, -0.05) is 11.6 Å². The maximum Gasteiger partial charge on any atom is 0.274 e. The Kier molecular flexibility index (Phi) is 1.86. The highest BCUT2D eigenvalue weighted by Crippen LogP contribution is 2.28. The van der Waals surface area contributed by atoms with Crippen LogP contribution in [0.1, 0.15) is 0 Å². The molecule has 1 aromatic carbocycles. The van der Waals surface area contributed by atoms with E-state index in [1.807, 2.05) is 0 Å². The monoisotopic (exact) mass is 198 g/mol. The summed E-state index contributed by atoms with van der Waals surface area (Å²) in [7, 11) is 0. The molecule has 1 amide bonds. The zero-order valence-corrected chi connectivity index (χ0v) is 7.30. The molecule has 68 valence electrons. The molecule has 4 nitrogen and oxygen atoms in total. The molecule has 0 bridgehead atoms. The number of halogens is 1. The summed E-state index contributed by atoms with van der Waals surface area (Å²) in [6, 6.07) is 4.99. The molecule has 0 aliphatic carbocycles. The Morgan fingerprint density at radius 3 is 2.92 bits per heavy atom. The molecule has 13 heavy (non-hydrogen) atoms. The molecule has 0 spiro atoms. The fourth-order valence-electron chi connectivity index (χ4n) is 1.16. The van der Waals surface area contributed by atoms with Crippen molar-refractivity contribution >= 4 is 28.9 Å². The zero-order valence-electron chi connectivity index (χ0n) is 6.54. The lowest BCUT2D eigenvalue weighted by Crippen LogP contribution is -2.38. The number of aliphatic hydroxyl groups is 1. The molecule has 0 saturated carbocycles. The Hall–Kier alpha value is -1.26. The number of aliphatic hydroxyl groups excluding tert-OH is 1. The number of hydrogen-bond acceptors (Lipinski definition) is 3. The van der Waals surface area contributed by atoms with Crippen LogP contribution in [0, 0.1) is 0 Å². The van der Waals surface area contributed by atoms with E-state index in [2.05, 4.69) is 10.6 Å². The van der Waals surface area contributed by atoms with Crippen molar-refractivity contribution in [3.05, 3.63) is 23.2 Å². The number of carbonyl (C=O) groups is 1. The van der Waals surface area contributed by atoms with Gasteiger partial charge in [-0.3, -0.25) is 4.79 Å². The lowest BCUT2D eigenvalue weighted by Gasteiger charge is -2.22. The molecular formula is C8H7ClN2O2. The maximum atomic E-state index is 11.0. The van der Waals surface area contributed by atoms with Crippen molar-refractivity contribution in [1.29, 1.82) is 0 Å². The second-order valence-corrected chi connectivity index (χ2v) is 3.16. The van der Waals surface area contributed by atoms with Crippen molar-refractivity contribution in [2.75, 3.05) is 10.6 Å². The summed E-state index contributed by atoms with van der Waals surface area (Å²) in [4.78, 5) is 11.0. The SMILES string of the molecule is O=C1Nc2cc(Cl)ccc2N[C@H]1O. The summed E-state index contributed by atoms with van der Waals surface area (Å²) < 4.78 is 0. The number of anilines is 2. The van der Waals surface area contributed by atoms with Crippen LogP contribution in [-0.2, 0) is 4.79 Å². The van der Waals surface area contributed by atoms with Crippen LogP contribution in [0.15, 0.2) is 18.2 Å². The first-order chi connectivity index (χ1) is 6.16. The third-order valence-electron chi connectivity index (χ3n) is 1.78. The fourth-order valence-corrected chi connectivity index (χ4v) is 1.33. The molecular weight excluding hydrogens is 192 g/mol. The minimum absolute atomic E-state index is 0.477. The number of rotatable bonds is 0. The summed E-state index contributed by atoms with van der Waals surface area (Å²) in [5.41, 5.74) is 1.25. The van der Waals surface area contributed by atoms with Crippen LogP contribution in [0.3, 0.4) is 0 Å². The number of carbonyl (C=O) groups excluding carboxylic acids is 1. The van der Waals surface area contributed by atoms with E-state index in [0.29, 0.717) is 16.4 Å². The van der Waals surface area contributed by atoms with Crippen LogP contribution in [0.25, 0.3) is 0 Å². The van der Waals surface area contributed by atoms with Gasteiger partial charge in [0.25, 0.3) is 5.91 Å². The van der Waals surface area contributed by atoms with E-state index in [-0.39, 0.29) is 0 Å². The Labute approximate surface area is 79.5 Å². The summed E-state index contributed by atoms with van der Waals surface area (Å²) in [6.45, 7) is 0. The first-order valence-corrected chi connectivity index (χ1v) is 4.09. The Morgan fingerprint density at radius 2 is 2.15 bits per heavy atom. The molecule has 0 radical (unpaired) electrons. The van der Waals surface area contributed by atoms with Crippen molar-refractivity contribution in [2.45, 2.75) is 6.23 Å². The normalized spacial score (nSPS) is 20.2. The number of hydrogen-bond donors (Lipinski definition) is 3. The van der Waals surface area contributed by atoms with Gasteiger partial charge < -0.3 is 15.7 Å². The van der Waals surface area contributed by atoms with E-state index >= 15 is 0 Å². The van der Waals surface area contributed by atoms with E-state index in [4.69, 9.17) is 16.7 Å². The molecule has 0 aromatic heterocycles. The van der Waals surface area contributed by atoms with E-state index in [1.165, 1.54) is 0 Å². The fraction of sp³-hybridized carbons (Fsp3) is 0.125. The van der Waals surface area contributed by atoms with Gasteiger partial charge in [-0.05, 0) is 18.2 Å². The highest BCUT2D eigenvalue weighted by molar-refractivity contribution is 6.31. The topological polar surface area (TPSA) is 61.4 Å². The summed E-state index contributed by atoms with van der Waals surface area (Å²) in [6.07, 6.45) is -1.19. The number of amides is 1. The molecule has 1 heterocycles. The maximum absolute atomic E-state index is 11.0. The molecule has 2 rings (SSSR count). The minimum atomic E-state index is -1.19. The third kappa shape index (κ3) is 1.46. The quantitative estimate of drug-likeness (QED) is 0.584. The van der Waals surface area contributed by atoms with Crippen LogP contribution in [0.5, 0.6) is 0 Å². The predicted molar refractivity (Wildman–Crippen MR) is 49.7 cm³/mol. The van der Waals surface area contributed by atoms with Gasteiger partial charge in [0.15, 0.2) is 0 Å². The van der Waals surface area contributed by atoms with Gasteiger partial charge in [0.05, 0.1) is 11.4 Å². The van der Waals surface area contributed by atoms with Crippen molar-refractivity contribution in [2.24, 2.45) is 0 Å². The van der Waals surface area contributed by atoms with Crippen LogP contribution in [0.4, 0.5) is 11.4 Å². The van der Waals surface area contributed by atoms with Crippen LogP contribution < -0.4 is 10.6 Å². The number of nitrogens with one attached hydrogen (secondary N) is 2. The molecule has 1 aliphatic rings. The highest BCUT2D eigenvalue weighted by atomic mass is 35.5. The second-order valence-electron chi connectivity index (χ2n) is 2.73. The average Bonchev–Trinajstić information content (AvgIpc) is 2.08. The second kappa shape index (κ2) is 2.90. The van der Waals surface area contributed by atoms with Crippen molar-refractivity contribution in [1.82, 2.24) is 0 Å². The highest BCUT2D eigenvalue weighted by Gasteiger charge is 2.22. The predicted octanol–water partition coefficient (Wildman–Crippen LogP) is 1.02. The standard InChI is InChI=1S/C8H7ClN2O2/c9-4-1-2-5-6(3-4)11-8(13)7(12)10-5/h1-3,7,10,12H,(H,11,13)/t7-/m0/s1. The minimum Gasteiger partial charge on any atom is -0.366 e. The van der Waals surface area contributed by atoms with Crippen molar-refractivity contribution in [3.63, 3.8) is 0 Å². The van der Waals surface area contributed by atoms with E-state index in [9.17, 15) is 4.79 Å². The summed E-state index contributed by atoms with van der Waals surface area (Å²) >= 11 is 5.72. The molecule has 0 fully saturated rings. The lowest BCUT2D eigenvalue weighted by molar-refractivity contribution is -0.122. The Morgan fingerprint density at radius 1 is 1.38 bits per heavy atom. The summed E-state index contributed by atoms with van der Waals surface area (Å²) in [5.74, 6) is -0.477. The van der Waals surface area contributed by atoms with Gasteiger partial charge in [-0.15, -0.1) is 0 Å². The molecule has 3 N–H and O–H groups in total. The third-order valence-corrected chi connectivity index (χ3v) is 2.02. The largest absolute Gasteiger partial charge is 0.366 e.